The van der Waals surface area contributed by atoms with E-state index in [0.29, 0.717) is 12.6 Å². The minimum Gasteiger partial charge on any atom is -0.379 e. The highest BCUT2D eigenvalue weighted by Crippen LogP contribution is 2.15. The van der Waals surface area contributed by atoms with Gasteiger partial charge in [-0.2, -0.15) is 5.10 Å². The second kappa shape index (κ2) is 6.36. The van der Waals surface area contributed by atoms with Gasteiger partial charge in [0.05, 0.1) is 18.3 Å². The number of halogens is 1. The fraction of sp³-hybridized carbons (Fsp3) is 0.400. The van der Waals surface area contributed by atoms with Gasteiger partial charge in [0.25, 0.3) is 0 Å². The molecule has 0 atom stereocenters. The third kappa shape index (κ3) is 3.56. The summed E-state index contributed by atoms with van der Waals surface area (Å²) in [5.41, 5.74) is 1.74. The fourth-order valence-electron chi connectivity index (χ4n) is 2.13. The quantitative estimate of drug-likeness (QED) is 0.852. The maximum Gasteiger partial charge on any atom is 0.125 e. The van der Waals surface area contributed by atoms with Crippen LogP contribution >= 0.6 is 0 Å². The van der Waals surface area contributed by atoms with Gasteiger partial charge in [-0.1, -0.05) is 19.9 Å². The molecule has 0 amide bonds. The average Bonchev–Trinajstić information content (AvgIpc) is 2.87. The Morgan fingerprint density at radius 3 is 2.74 bits per heavy atom. The predicted octanol–water partition coefficient (Wildman–Crippen LogP) is 4.00. The Morgan fingerprint density at radius 2 is 2.05 bits per heavy atom. The van der Waals surface area contributed by atoms with E-state index in [4.69, 9.17) is 0 Å². The molecule has 0 spiro atoms. The van der Waals surface area contributed by atoms with Crippen molar-refractivity contribution in [3.05, 3.63) is 48.0 Å². The smallest absolute Gasteiger partial charge is 0.125 e. The number of hydrogen-bond donors (Lipinski definition) is 1. The van der Waals surface area contributed by atoms with E-state index in [0.717, 1.165) is 24.2 Å². The molecule has 0 unspecified atom stereocenters. The van der Waals surface area contributed by atoms with Crippen molar-refractivity contribution in [3.63, 3.8) is 0 Å². The summed E-state index contributed by atoms with van der Waals surface area (Å²) in [6, 6.07) is 8.93. The largest absolute Gasteiger partial charge is 0.379 e. The minimum absolute atomic E-state index is 0.229. The maximum atomic E-state index is 13.0. The molecule has 0 aliphatic carbocycles. The summed E-state index contributed by atoms with van der Waals surface area (Å²) in [7, 11) is 0. The number of anilines is 1. The zero-order chi connectivity index (χ0) is 13.7. The van der Waals surface area contributed by atoms with Crippen molar-refractivity contribution in [3.8, 4) is 0 Å². The summed E-state index contributed by atoms with van der Waals surface area (Å²) in [6.45, 7) is 4.94. The fourth-order valence-corrected chi connectivity index (χ4v) is 2.13. The zero-order valence-electron chi connectivity index (χ0n) is 11.4. The van der Waals surface area contributed by atoms with Gasteiger partial charge in [0.15, 0.2) is 0 Å². The van der Waals surface area contributed by atoms with Crippen molar-refractivity contribution in [2.24, 2.45) is 0 Å². The molecule has 0 aliphatic heterocycles. The monoisotopic (exact) mass is 261 g/mol. The Labute approximate surface area is 113 Å². The SMILES string of the molecule is CCC(CC)n1ccc(CNc2cccc(F)c2)n1. The number of hydrogen-bond acceptors (Lipinski definition) is 2. The Balaban J connectivity index is 1.97. The summed E-state index contributed by atoms with van der Waals surface area (Å²) >= 11 is 0. The maximum absolute atomic E-state index is 13.0. The Morgan fingerprint density at radius 1 is 1.26 bits per heavy atom. The van der Waals surface area contributed by atoms with E-state index in [1.165, 1.54) is 12.1 Å². The Bertz CT molecular complexity index is 518. The standard InChI is InChI=1S/C15H20FN3/c1-3-15(4-2)19-9-8-14(18-19)11-17-13-7-5-6-12(16)10-13/h5-10,15,17H,3-4,11H2,1-2H3. The molecule has 1 N–H and O–H groups in total. The molecular weight excluding hydrogens is 241 g/mol. The van der Waals surface area contributed by atoms with Crippen LogP contribution in [0.25, 0.3) is 0 Å². The topological polar surface area (TPSA) is 29.9 Å². The van der Waals surface area contributed by atoms with Gasteiger partial charge < -0.3 is 5.32 Å². The molecule has 4 heteroatoms. The first kappa shape index (κ1) is 13.6. The second-order valence-electron chi connectivity index (χ2n) is 4.62. The van der Waals surface area contributed by atoms with Crippen LogP contribution in [0.5, 0.6) is 0 Å². The lowest BCUT2D eigenvalue weighted by Crippen LogP contribution is -2.09. The molecule has 1 aromatic carbocycles. The number of nitrogens with zero attached hydrogens (tertiary/aromatic N) is 2. The molecular formula is C15H20FN3. The van der Waals surface area contributed by atoms with E-state index in [1.54, 1.807) is 6.07 Å². The zero-order valence-corrected chi connectivity index (χ0v) is 11.4. The van der Waals surface area contributed by atoms with Gasteiger partial charge in [0.2, 0.25) is 0 Å². The summed E-state index contributed by atoms with van der Waals surface area (Å²) in [5.74, 6) is -0.229. The molecule has 0 aliphatic rings. The molecule has 1 heterocycles. The summed E-state index contributed by atoms with van der Waals surface area (Å²) in [6.07, 6.45) is 4.17. The summed E-state index contributed by atoms with van der Waals surface area (Å²) < 4.78 is 15.1. The highest BCUT2D eigenvalue weighted by molar-refractivity contribution is 5.43. The van der Waals surface area contributed by atoms with Crippen molar-refractivity contribution in [2.75, 3.05) is 5.32 Å². The van der Waals surface area contributed by atoms with Crippen molar-refractivity contribution in [2.45, 2.75) is 39.3 Å². The van der Waals surface area contributed by atoms with Gasteiger partial charge in [-0.3, -0.25) is 4.68 Å². The van der Waals surface area contributed by atoms with Crippen molar-refractivity contribution in [1.82, 2.24) is 9.78 Å². The van der Waals surface area contributed by atoms with Gasteiger partial charge in [-0.15, -0.1) is 0 Å². The molecule has 19 heavy (non-hydrogen) atoms. The van der Waals surface area contributed by atoms with Gasteiger partial charge >= 0.3 is 0 Å². The molecule has 1 aromatic heterocycles. The highest BCUT2D eigenvalue weighted by Gasteiger charge is 2.07. The molecule has 3 nitrogen and oxygen atoms in total. The second-order valence-corrected chi connectivity index (χ2v) is 4.62. The lowest BCUT2D eigenvalue weighted by molar-refractivity contribution is 0.426. The van der Waals surface area contributed by atoms with Crippen LogP contribution in [-0.4, -0.2) is 9.78 Å². The van der Waals surface area contributed by atoms with E-state index in [-0.39, 0.29) is 5.82 Å². The average molecular weight is 261 g/mol. The lowest BCUT2D eigenvalue weighted by Gasteiger charge is -2.12. The van der Waals surface area contributed by atoms with Gasteiger partial charge in [0.1, 0.15) is 5.82 Å². The highest BCUT2D eigenvalue weighted by atomic mass is 19.1. The van der Waals surface area contributed by atoms with Crippen LogP contribution in [0.2, 0.25) is 0 Å². The first-order valence-corrected chi connectivity index (χ1v) is 6.76. The molecule has 0 saturated heterocycles. The molecule has 102 valence electrons. The third-order valence-corrected chi connectivity index (χ3v) is 3.28. The number of rotatable bonds is 6. The van der Waals surface area contributed by atoms with Crippen LogP contribution in [0, 0.1) is 5.82 Å². The van der Waals surface area contributed by atoms with Crippen LogP contribution in [0.3, 0.4) is 0 Å². The summed E-state index contributed by atoms with van der Waals surface area (Å²) in [5, 5.41) is 7.72. The van der Waals surface area contributed by atoms with Gasteiger partial charge in [-0.05, 0) is 37.1 Å². The lowest BCUT2D eigenvalue weighted by atomic mass is 10.2. The van der Waals surface area contributed by atoms with Crippen LogP contribution in [0.1, 0.15) is 38.4 Å². The normalized spacial score (nSPS) is 10.9. The molecule has 0 saturated carbocycles. The van der Waals surface area contributed by atoms with E-state index >= 15 is 0 Å². The van der Waals surface area contributed by atoms with E-state index < -0.39 is 0 Å². The van der Waals surface area contributed by atoms with Crippen LogP contribution < -0.4 is 5.32 Å². The van der Waals surface area contributed by atoms with Crippen LogP contribution in [0.4, 0.5) is 10.1 Å². The Kier molecular flexibility index (Phi) is 4.55. The molecule has 0 fully saturated rings. The van der Waals surface area contributed by atoms with E-state index in [2.05, 4.69) is 24.3 Å². The molecule has 2 rings (SSSR count). The molecule has 0 bridgehead atoms. The van der Waals surface area contributed by atoms with Crippen LogP contribution in [-0.2, 0) is 6.54 Å². The molecule has 0 radical (unpaired) electrons. The van der Waals surface area contributed by atoms with Crippen molar-refractivity contribution >= 4 is 5.69 Å². The third-order valence-electron chi connectivity index (χ3n) is 3.28. The summed E-state index contributed by atoms with van der Waals surface area (Å²) in [4.78, 5) is 0. The number of aromatic nitrogens is 2. The number of nitrogens with one attached hydrogen (secondary N) is 1. The van der Waals surface area contributed by atoms with E-state index in [9.17, 15) is 4.39 Å². The predicted molar refractivity (Wildman–Crippen MR) is 75.6 cm³/mol. The Hall–Kier alpha value is -1.84. The first-order valence-electron chi connectivity index (χ1n) is 6.76. The van der Waals surface area contributed by atoms with Crippen LogP contribution in [0.15, 0.2) is 36.5 Å². The first-order chi connectivity index (χ1) is 9.22. The van der Waals surface area contributed by atoms with Gasteiger partial charge in [0, 0.05) is 11.9 Å². The van der Waals surface area contributed by atoms with E-state index in [1.807, 2.05) is 23.0 Å². The minimum atomic E-state index is -0.229. The molecule has 2 aromatic rings. The van der Waals surface area contributed by atoms with Crippen molar-refractivity contribution in [1.29, 1.82) is 0 Å². The van der Waals surface area contributed by atoms with Gasteiger partial charge in [-0.25, -0.2) is 4.39 Å². The van der Waals surface area contributed by atoms with Crippen molar-refractivity contribution < 1.29 is 4.39 Å². The number of benzene rings is 1.